The summed E-state index contributed by atoms with van der Waals surface area (Å²) in [4.78, 5) is 4.20. The second kappa shape index (κ2) is 6.94. The minimum Gasteiger partial charge on any atom is -0.481 e. The van der Waals surface area contributed by atoms with Gasteiger partial charge < -0.3 is 10.1 Å². The van der Waals surface area contributed by atoms with Crippen molar-refractivity contribution in [3.8, 4) is 5.88 Å². The van der Waals surface area contributed by atoms with Crippen LogP contribution in [0.3, 0.4) is 0 Å². The van der Waals surface area contributed by atoms with Crippen molar-refractivity contribution in [1.82, 2.24) is 4.98 Å². The van der Waals surface area contributed by atoms with Crippen LogP contribution in [0.4, 0.5) is 5.69 Å². The highest BCUT2D eigenvalue weighted by molar-refractivity contribution is 5.44. The lowest BCUT2D eigenvalue weighted by atomic mass is 10.0. The topological polar surface area (TPSA) is 34.1 Å². The molecule has 0 spiro atoms. The van der Waals surface area contributed by atoms with Crippen LogP contribution in [-0.4, -0.2) is 12.1 Å². The van der Waals surface area contributed by atoms with Crippen molar-refractivity contribution >= 4 is 5.69 Å². The molecule has 1 N–H and O–H groups in total. The van der Waals surface area contributed by atoms with Crippen molar-refractivity contribution in [2.24, 2.45) is 0 Å². The molecule has 3 heteroatoms. The Balaban J connectivity index is 2.01. The molecule has 0 aliphatic carbocycles. The first-order chi connectivity index (χ1) is 9.72. The number of pyridine rings is 1. The molecule has 106 valence electrons. The van der Waals surface area contributed by atoms with Gasteiger partial charge in [-0.25, -0.2) is 4.98 Å². The normalized spacial score (nSPS) is 11.9. The van der Waals surface area contributed by atoms with E-state index in [1.807, 2.05) is 12.1 Å². The summed E-state index contributed by atoms with van der Waals surface area (Å²) in [6.07, 6.45) is 4.12. The molecule has 0 fully saturated rings. The highest BCUT2D eigenvalue weighted by Crippen LogP contribution is 2.20. The van der Waals surface area contributed by atoms with Crippen LogP contribution in [-0.2, 0) is 6.42 Å². The van der Waals surface area contributed by atoms with Gasteiger partial charge in [-0.1, -0.05) is 37.6 Å². The van der Waals surface area contributed by atoms with E-state index in [0.717, 1.165) is 12.1 Å². The van der Waals surface area contributed by atoms with E-state index in [1.54, 1.807) is 13.3 Å². The summed E-state index contributed by atoms with van der Waals surface area (Å²) in [5.74, 6) is 0.632. The molecule has 2 aromatic rings. The third-order valence-electron chi connectivity index (χ3n) is 3.35. The van der Waals surface area contributed by atoms with E-state index in [9.17, 15) is 0 Å². The molecule has 1 atom stereocenters. The summed E-state index contributed by atoms with van der Waals surface area (Å²) in [5, 5.41) is 3.44. The summed E-state index contributed by atoms with van der Waals surface area (Å²) in [6.45, 7) is 4.35. The number of aryl methyl sites for hydroxylation is 1. The molecular weight excluding hydrogens is 248 g/mol. The number of benzene rings is 1. The zero-order chi connectivity index (χ0) is 14.4. The monoisotopic (exact) mass is 270 g/mol. The number of nitrogens with zero attached hydrogens (tertiary/aromatic N) is 1. The van der Waals surface area contributed by atoms with Crippen LogP contribution in [0, 0.1) is 0 Å². The first-order valence-corrected chi connectivity index (χ1v) is 7.08. The van der Waals surface area contributed by atoms with Crippen molar-refractivity contribution in [2.45, 2.75) is 32.7 Å². The maximum absolute atomic E-state index is 5.06. The first-order valence-electron chi connectivity index (χ1n) is 7.08. The fraction of sp³-hybridized carbons (Fsp3) is 0.353. The lowest BCUT2D eigenvalue weighted by Gasteiger charge is -2.16. The number of aromatic nitrogens is 1. The summed E-state index contributed by atoms with van der Waals surface area (Å²) >= 11 is 0. The van der Waals surface area contributed by atoms with Crippen molar-refractivity contribution in [1.29, 1.82) is 0 Å². The Hall–Kier alpha value is -2.03. The van der Waals surface area contributed by atoms with Crippen molar-refractivity contribution in [3.05, 3.63) is 53.7 Å². The van der Waals surface area contributed by atoms with Crippen LogP contribution in [0.1, 0.15) is 37.4 Å². The fourth-order valence-corrected chi connectivity index (χ4v) is 2.18. The molecule has 1 aromatic heterocycles. The second-order valence-corrected chi connectivity index (χ2v) is 4.95. The van der Waals surface area contributed by atoms with Crippen LogP contribution >= 0.6 is 0 Å². The Bertz CT molecular complexity index is 520. The van der Waals surface area contributed by atoms with Crippen LogP contribution in [0.15, 0.2) is 42.6 Å². The number of rotatable bonds is 6. The Morgan fingerprint density at radius 1 is 1.15 bits per heavy atom. The smallest absolute Gasteiger partial charge is 0.213 e. The van der Waals surface area contributed by atoms with Crippen molar-refractivity contribution in [3.63, 3.8) is 0 Å². The standard InChI is InChI=1S/C17H22N2O/c1-4-5-14-6-8-15(9-7-14)13(2)19-16-10-11-17(20-3)18-12-16/h6-13,19H,4-5H2,1-3H3. The van der Waals surface area contributed by atoms with Gasteiger partial charge in [-0.3, -0.25) is 0 Å². The molecular formula is C17H22N2O. The van der Waals surface area contributed by atoms with Gasteiger partial charge in [0.25, 0.3) is 0 Å². The van der Waals surface area contributed by atoms with Crippen LogP contribution in [0.5, 0.6) is 5.88 Å². The van der Waals surface area contributed by atoms with Gasteiger partial charge in [0.05, 0.1) is 19.0 Å². The quantitative estimate of drug-likeness (QED) is 0.853. The summed E-state index contributed by atoms with van der Waals surface area (Å²) < 4.78 is 5.06. The minimum atomic E-state index is 0.251. The van der Waals surface area contributed by atoms with Crippen LogP contribution in [0.25, 0.3) is 0 Å². The molecule has 0 radical (unpaired) electrons. The Labute approximate surface area is 121 Å². The van der Waals surface area contributed by atoms with Gasteiger partial charge in [0.2, 0.25) is 5.88 Å². The highest BCUT2D eigenvalue weighted by atomic mass is 16.5. The molecule has 1 heterocycles. The number of hydrogen-bond donors (Lipinski definition) is 1. The van der Waals surface area contributed by atoms with Gasteiger partial charge in [-0.05, 0) is 30.5 Å². The van der Waals surface area contributed by atoms with Gasteiger partial charge in [-0.15, -0.1) is 0 Å². The Kier molecular flexibility index (Phi) is 4.99. The minimum absolute atomic E-state index is 0.251. The Morgan fingerprint density at radius 2 is 1.90 bits per heavy atom. The number of methoxy groups -OCH3 is 1. The van der Waals surface area contributed by atoms with Gasteiger partial charge >= 0.3 is 0 Å². The SMILES string of the molecule is CCCc1ccc(C(C)Nc2ccc(OC)nc2)cc1. The maximum Gasteiger partial charge on any atom is 0.213 e. The molecule has 0 aliphatic rings. The summed E-state index contributed by atoms with van der Waals surface area (Å²) in [7, 11) is 1.62. The lowest BCUT2D eigenvalue weighted by Crippen LogP contribution is -2.07. The number of hydrogen-bond acceptors (Lipinski definition) is 3. The predicted molar refractivity (Wildman–Crippen MR) is 83.3 cm³/mol. The third kappa shape index (κ3) is 3.73. The molecule has 3 nitrogen and oxygen atoms in total. The largest absolute Gasteiger partial charge is 0.481 e. The molecule has 20 heavy (non-hydrogen) atoms. The molecule has 0 bridgehead atoms. The van der Waals surface area contributed by atoms with E-state index in [2.05, 4.69) is 48.4 Å². The van der Waals surface area contributed by atoms with Gasteiger partial charge in [0, 0.05) is 12.1 Å². The zero-order valence-electron chi connectivity index (χ0n) is 12.4. The summed E-state index contributed by atoms with van der Waals surface area (Å²) in [5.41, 5.74) is 3.67. The molecule has 1 aromatic carbocycles. The van der Waals surface area contributed by atoms with E-state index < -0.39 is 0 Å². The summed E-state index contributed by atoms with van der Waals surface area (Å²) in [6, 6.07) is 12.9. The van der Waals surface area contributed by atoms with Gasteiger partial charge in [-0.2, -0.15) is 0 Å². The van der Waals surface area contributed by atoms with Crippen LogP contribution in [0.2, 0.25) is 0 Å². The van der Waals surface area contributed by atoms with E-state index in [1.165, 1.54) is 17.5 Å². The van der Waals surface area contributed by atoms with E-state index >= 15 is 0 Å². The Morgan fingerprint density at radius 3 is 2.45 bits per heavy atom. The number of ether oxygens (including phenoxy) is 1. The molecule has 0 saturated carbocycles. The van der Waals surface area contributed by atoms with E-state index in [4.69, 9.17) is 4.74 Å². The molecule has 0 aliphatic heterocycles. The first kappa shape index (κ1) is 14.4. The highest BCUT2D eigenvalue weighted by Gasteiger charge is 2.05. The third-order valence-corrected chi connectivity index (χ3v) is 3.35. The average Bonchev–Trinajstić information content (AvgIpc) is 2.49. The van der Waals surface area contributed by atoms with Gasteiger partial charge in [0.15, 0.2) is 0 Å². The molecule has 2 rings (SSSR count). The molecule has 0 saturated heterocycles. The lowest BCUT2D eigenvalue weighted by molar-refractivity contribution is 0.398. The number of anilines is 1. The molecule has 0 amide bonds. The van der Waals surface area contributed by atoms with E-state index in [-0.39, 0.29) is 6.04 Å². The average molecular weight is 270 g/mol. The predicted octanol–water partition coefficient (Wildman–Crippen LogP) is 4.22. The van der Waals surface area contributed by atoms with Crippen molar-refractivity contribution in [2.75, 3.05) is 12.4 Å². The second-order valence-electron chi connectivity index (χ2n) is 4.95. The maximum atomic E-state index is 5.06. The van der Waals surface area contributed by atoms with E-state index in [0.29, 0.717) is 5.88 Å². The van der Waals surface area contributed by atoms with Crippen molar-refractivity contribution < 1.29 is 4.74 Å². The molecule has 1 unspecified atom stereocenters. The fourth-order valence-electron chi connectivity index (χ4n) is 2.18. The van der Waals surface area contributed by atoms with Crippen LogP contribution < -0.4 is 10.1 Å². The zero-order valence-corrected chi connectivity index (χ0v) is 12.4. The number of nitrogens with one attached hydrogen (secondary N) is 1. The van der Waals surface area contributed by atoms with Gasteiger partial charge in [0.1, 0.15) is 0 Å².